The van der Waals surface area contributed by atoms with Gasteiger partial charge in [0.25, 0.3) is 5.91 Å². The van der Waals surface area contributed by atoms with E-state index < -0.39 is 0 Å². The van der Waals surface area contributed by atoms with Crippen molar-refractivity contribution in [2.75, 3.05) is 6.54 Å². The Kier molecular flexibility index (Phi) is 3.87. The van der Waals surface area contributed by atoms with Crippen LogP contribution in [0.15, 0.2) is 12.4 Å². The van der Waals surface area contributed by atoms with Crippen molar-refractivity contribution in [2.45, 2.75) is 64.3 Å². The molecule has 8 heteroatoms. The average Bonchev–Trinajstić information content (AvgIpc) is 3.02. The molecule has 0 unspecified atom stereocenters. The summed E-state index contributed by atoms with van der Waals surface area (Å²) < 4.78 is 9.66. The lowest BCUT2D eigenvalue weighted by Gasteiger charge is -2.26. The SMILES string of the molecule is CCn1nc(C(=O)NCC2(n3ccnn3)CC2)c2c1[C@H](C)O[C@H](C)C2. The standard InChI is InChI=1S/C17H24N6O2/c1-4-22-15-12(3)25-11(2)9-13(15)14(20-22)16(24)18-10-17(5-6-17)23-8-7-19-21-23/h7-8,11-12H,4-6,9-10H2,1-3H3,(H,18,24)/t11-,12+/m1/s1. The molecule has 8 nitrogen and oxygen atoms in total. The smallest absolute Gasteiger partial charge is 0.272 e. The summed E-state index contributed by atoms with van der Waals surface area (Å²) in [4.78, 5) is 12.8. The van der Waals surface area contributed by atoms with E-state index in [-0.39, 0.29) is 23.7 Å². The third-order valence-electron chi connectivity index (χ3n) is 5.24. The van der Waals surface area contributed by atoms with E-state index in [2.05, 4.69) is 20.7 Å². The number of hydrogen-bond acceptors (Lipinski definition) is 5. The normalized spacial score (nSPS) is 24.0. The maximum Gasteiger partial charge on any atom is 0.272 e. The van der Waals surface area contributed by atoms with Crippen LogP contribution in [0.3, 0.4) is 0 Å². The molecule has 2 aromatic rings. The molecular weight excluding hydrogens is 320 g/mol. The van der Waals surface area contributed by atoms with E-state index in [1.54, 1.807) is 6.20 Å². The van der Waals surface area contributed by atoms with Crippen LogP contribution >= 0.6 is 0 Å². The molecule has 2 atom stereocenters. The first-order valence-electron chi connectivity index (χ1n) is 8.94. The first-order chi connectivity index (χ1) is 12.0. The molecule has 1 saturated carbocycles. The number of aromatic nitrogens is 5. The summed E-state index contributed by atoms with van der Waals surface area (Å²) in [7, 11) is 0. The summed E-state index contributed by atoms with van der Waals surface area (Å²) in [5, 5.41) is 15.6. The number of ether oxygens (including phenoxy) is 1. The maximum absolute atomic E-state index is 12.8. The first kappa shape index (κ1) is 16.3. The molecule has 1 fully saturated rings. The summed E-state index contributed by atoms with van der Waals surface area (Å²) in [6.45, 7) is 7.36. The van der Waals surface area contributed by atoms with Crippen LogP contribution in [0.25, 0.3) is 0 Å². The minimum absolute atomic E-state index is 0.0438. The highest BCUT2D eigenvalue weighted by molar-refractivity contribution is 5.94. The number of fused-ring (bicyclic) bond motifs is 1. The van der Waals surface area contributed by atoms with Crippen LogP contribution in [0.4, 0.5) is 0 Å². The van der Waals surface area contributed by atoms with Crippen LogP contribution < -0.4 is 5.32 Å². The number of amides is 1. The van der Waals surface area contributed by atoms with Crippen LogP contribution in [-0.4, -0.2) is 43.3 Å². The van der Waals surface area contributed by atoms with Gasteiger partial charge in [-0.2, -0.15) is 5.10 Å². The zero-order chi connectivity index (χ0) is 17.6. The van der Waals surface area contributed by atoms with E-state index in [0.29, 0.717) is 12.2 Å². The molecule has 0 spiro atoms. The Hall–Kier alpha value is -2.22. The lowest BCUT2D eigenvalue weighted by atomic mass is 9.99. The number of aryl methyl sites for hydroxylation is 1. The molecule has 1 N–H and O–H groups in total. The molecule has 2 aromatic heterocycles. The molecular formula is C17H24N6O2. The predicted molar refractivity (Wildman–Crippen MR) is 90.1 cm³/mol. The second-order valence-corrected chi connectivity index (χ2v) is 7.08. The van der Waals surface area contributed by atoms with Crippen LogP contribution in [0.1, 0.15) is 61.5 Å². The predicted octanol–water partition coefficient (Wildman–Crippen LogP) is 1.44. The minimum atomic E-state index is -0.122. The summed E-state index contributed by atoms with van der Waals surface area (Å²) in [6.07, 6.45) is 6.29. The quantitative estimate of drug-likeness (QED) is 0.887. The van der Waals surface area contributed by atoms with E-state index in [0.717, 1.165) is 37.1 Å². The Bertz CT molecular complexity index is 777. The van der Waals surface area contributed by atoms with Gasteiger partial charge in [-0.25, -0.2) is 4.68 Å². The first-order valence-corrected chi connectivity index (χ1v) is 8.94. The number of hydrogen-bond donors (Lipinski definition) is 1. The molecule has 134 valence electrons. The highest BCUT2D eigenvalue weighted by atomic mass is 16.5. The number of nitrogens with one attached hydrogen (secondary N) is 1. The van der Waals surface area contributed by atoms with Gasteiger partial charge in [-0.1, -0.05) is 5.21 Å². The van der Waals surface area contributed by atoms with E-state index in [4.69, 9.17) is 4.74 Å². The lowest BCUT2D eigenvalue weighted by molar-refractivity contribution is -0.00948. The monoisotopic (exact) mass is 344 g/mol. The fraction of sp³-hybridized carbons (Fsp3) is 0.647. The zero-order valence-electron chi connectivity index (χ0n) is 14.9. The molecule has 4 rings (SSSR count). The molecule has 0 bridgehead atoms. The van der Waals surface area contributed by atoms with E-state index in [1.807, 2.05) is 36.3 Å². The Balaban J connectivity index is 1.55. The maximum atomic E-state index is 12.8. The zero-order valence-corrected chi connectivity index (χ0v) is 14.9. The van der Waals surface area contributed by atoms with Crippen molar-refractivity contribution in [3.05, 3.63) is 29.3 Å². The fourth-order valence-electron chi connectivity index (χ4n) is 3.76. The second-order valence-electron chi connectivity index (χ2n) is 7.08. The van der Waals surface area contributed by atoms with Gasteiger partial charge < -0.3 is 10.1 Å². The number of carbonyl (C=O) groups is 1. The third kappa shape index (κ3) is 2.74. The summed E-state index contributed by atoms with van der Waals surface area (Å²) in [5.74, 6) is -0.115. The van der Waals surface area contributed by atoms with Crippen molar-refractivity contribution < 1.29 is 9.53 Å². The Morgan fingerprint density at radius 2 is 2.24 bits per heavy atom. The molecule has 0 aromatic carbocycles. The van der Waals surface area contributed by atoms with Gasteiger partial charge in [-0.3, -0.25) is 9.48 Å². The van der Waals surface area contributed by atoms with Gasteiger partial charge >= 0.3 is 0 Å². The van der Waals surface area contributed by atoms with Gasteiger partial charge in [0.2, 0.25) is 0 Å². The van der Waals surface area contributed by atoms with Gasteiger partial charge in [0.15, 0.2) is 5.69 Å². The van der Waals surface area contributed by atoms with Crippen molar-refractivity contribution in [3.8, 4) is 0 Å². The molecule has 1 aliphatic heterocycles. The Morgan fingerprint density at radius 1 is 1.44 bits per heavy atom. The molecule has 1 aliphatic carbocycles. The Morgan fingerprint density at radius 3 is 2.88 bits per heavy atom. The van der Waals surface area contributed by atoms with Gasteiger partial charge in [-0.15, -0.1) is 5.10 Å². The average molecular weight is 344 g/mol. The summed E-state index contributed by atoms with van der Waals surface area (Å²) >= 11 is 0. The highest BCUT2D eigenvalue weighted by Gasteiger charge is 2.46. The van der Waals surface area contributed by atoms with Crippen LogP contribution in [-0.2, 0) is 23.2 Å². The molecule has 2 aliphatic rings. The molecule has 3 heterocycles. The Labute approximate surface area is 146 Å². The number of rotatable bonds is 5. The largest absolute Gasteiger partial charge is 0.369 e. The molecule has 0 radical (unpaired) electrons. The fourth-order valence-corrected chi connectivity index (χ4v) is 3.76. The number of carbonyl (C=O) groups excluding carboxylic acids is 1. The van der Waals surface area contributed by atoms with Crippen LogP contribution in [0, 0.1) is 0 Å². The van der Waals surface area contributed by atoms with Crippen LogP contribution in [0.5, 0.6) is 0 Å². The molecule has 1 amide bonds. The van der Waals surface area contributed by atoms with Gasteiger partial charge in [-0.05, 0) is 33.6 Å². The van der Waals surface area contributed by atoms with Crippen LogP contribution in [0.2, 0.25) is 0 Å². The van der Waals surface area contributed by atoms with E-state index >= 15 is 0 Å². The van der Waals surface area contributed by atoms with E-state index in [9.17, 15) is 4.79 Å². The van der Waals surface area contributed by atoms with Crippen molar-refractivity contribution in [2.24, 2.45) is 0 Å². The molecule has 0 saturated heterocycles. The van der Waals surface area contributed by atoms with Crippen molar-refractivity contribution in [3.63, 3.8) is 0 Å². The number of nitrogens with zero attached hydrogens (tertiary/aromatic N) is 5. The topological polar surface area (TPSA) is 86.9 Å². The second kappa shape index (κ2) is 5.94. The van der Waals surface area contributed by atoms with Gasteiger partial charge in [0, 0.05) is 31.3 Å². The van der Waals surface area contributed by atoms with Gasteiger partial charge in [0.1, 0.15) is 0 Å². The van der Waals surface area contributed by atoms with Crippen molar-refractivity contribution in [1.82, 2.24) is 30.1 Å². The molecule has 25 heavy (non-hydrogen) atoms. The van der Waals surface area contributed by atoms with E-state index in [1.165, 1.54) is 0 Å². The lowest BCUT2D eigenvalue weighted by Crippen LogP contribution is -2.36. The third-order valence-corrected chi connectivity index (χ3v) is 5.24. The minimum Gasteiger partial charge on any atom is -0.369 e. The summed E-state index contributed by atoms with van der Waals surface area (Å²) in [5.41, 5.74) is 2.47. The highest BCUT2D eigenvalue weighted by Crippen LogP contribution is 2.42. The van der Waals surface area contributed by atoms with Crippen molar-refractivity contribution in [1.29, 1.82) is 0 Å². The van der Waals surface area contributed by atoms with Gasteiger partial charge in [0.05, 0.1) is 29.6 Å². The summed E-state index contributed by atoms with van der Waals surface area (Å²) in [6, 6.07) is 0. The van der Waals surface area contributed by atoms with Crippen molar-refractivity contribution >= 4 is 5.91 Å².